The average molecular weight is 173 g/mol. The van der Waals surface area contributed by atoms with Crippen LogP contribution in [-0.2, 0) is 0 Å². The smallest absolute Gasteiger partial charge is 0.159 e. The molecule has 0 spiro atoms. The highest BCUT2D eigenvalue weighted by Gasteiger charge is 2.04. The quantitative estimate of drug-likeness (QED) is 0.503. The summed E-state index contributed by atoms with van der Waals surface area (Å²) in [6.07, 6.45) is 0.600. The molecule has 0 bridgehead atoms. The summed E-state index contributed by atoms with van der Waals surface area (Å²) < 4.78 is 0. The molecule has 0 N–H and O–H groups in total. The Hall–Kier alpha value is -1.95. The van der Waals surface area contributed by atoms with Gasteiger partial charge in [0, 0.05) is 11.1 Å². The van der Waals surface area contributed by atoms with Crippen molar-refractivity contribution in [1.29, 1.82) is 5.26 Å². The van der Waals surface area contributed by atoms with Gasteiger partial charge in [-0.2, -0.15) is 5.26 Å². The van der Waals surface area contributed by atoms with Gasteiger partial charge in [0.15, 0.2) is 12.1 Å². The summed E-state index contributed by atoms with van der Waals surface area (Å²) in [5.41, 5.74) is 0.998. The van der Waals surface area contributed by atoms with Crippen LogP contribution in [0.4, 0.5) is 0 Å². The Morgan fingerprint density at radius 2 is 2.23 bits per heavy atom. The maximum absolute atomic E-state index is 10.9. The Balaban J connectivity index is 3.31. The molecule has 3 heteroatoms. The van der Waals surface area contributed by atoms with E-state index in [4.69, 9.17) is 5.26 Å². The number of nitriles is 1. The molecular formula is C10H7NO2. The molecule has 13 heavy (non-hydrogen) atoms. The van der Waals surface area contributed by atoms with Crippen LogP contribution < -0.4 is 0 Å². The molecule has 0 aliphatic heterocycles. The summed E-state index contributed by atoms with van der Waals surface area (Å²) in [6, 6.07) is 6.29. The molecule has 0 aliphatic rings. The zero-order chi connectivity index (χ0) is 9.84. The zero-order valence-corrected chi connectivity index (χ0v) is 7.07. The van der Waals surface area contributed by atoms with Gasteiger partial charge in [-0.05, 0) is 19.1 Å². The van der Waals surface area contributed by atoms with Crippen molar-refractivity contribution < 1.29 is 9.59 Å². The number of rotatable bonds is 2. The summed E-state index contributed by atoms with van der Waals surface area (Å²) in [6.45, 7) is 1.41. The van der Waals surface area contributed by atoms with Gasteiger partial charge in [-0.25, -0.2) is 0 Å². The van der Waals surface area contributed by atoms with Crippen molar-refractivity contribution >= 4 is 12.1 Å². The number of ketones is 1. The number of carbonyl (C=O) groups excluding carboxylic acids is 2. The van der Waals surface area contributed by atoms with Crippen molar-refractivity contribution in [2.75, 3.05) is 0 Å². The fraction of sp³-hybridized carbons (Fsp3) is 0.100. The van der Waals surface area contributed by atoms with Crippen molar-refractivity contribution in [2.24, 2.45) is 0 Å². The van der Waals surface area contributed by atoms with E-state index in [1.807, 2.05) is 6.07 Å². The molecule has 1 rings (SSSR count). The molecule has 0 atom stereocenters. The van der Waals surface area contributed by atoms with Gasteiger partial charge in [0.25, 0.3) is 0 Å². The van der Waals surface area contributed by atoms with Gasteiger partial charge in [-0.15, -0.1) is 0 Å². The molecule has 0 radical (unpaired) electrons. The third kappa shape index (κ3) is 1.79. The summed E-state index contributed by atoms with van der Waals surface area (Å²) in [4.78, 5) is 21.3. The SMILES string of the molecule is CC(=O)c1ccc(C=O)c(C#N)c1. The van der Waals surface area contributed by atoms with E-state index in [2.05, 4.69) is 0 Å². The normalized spacial score (nSPS) is 8.92. The van der Waals surface area contributed by atoms with Gasteiger partial charge in [-0.3, -0.25) is 9.59 Å². The summed E-state index contributed by atoms with van der Waals surface area (Å²) in [5, 5.41) is 8.64. The minimum Gasteiger partial charge on any atom is -0.298 e. The van der Waals surface area contributed by atoms with Gasteiger partial charge in [0.05, 0.1) is 11.6 Å². The Morgan fingerprint density at radius 3 is 2.69 bits per heavy atom. The van der Waals surface area contributed by atoms with Crippen molar-refractivity contribution in [3.8, 4) is 6.07 Å². The Bertz CT molecular complexity index is 402. The van der Waals surface area contributed by atoms with Crippen LogP contribution in [0.2, 0.25) is 0 Å². The lowest BCUT2D eigenvalue weighted by atomic mass is 10.0. The molecule has 0 amide bonds. The third-order valence-corrected chi connectivity index (χ3v) is 1.71. The van der Waals surface area contributed by atoms with E-state index in [0.717, 1.165) is 0 Å². The first-order valence-electron chi connectivity index (χ1n) is 3.69. The first-order chi connectivity index (χ1) is 6.19. The molecule has 1 aromatic rings. The number of carbonyl (C=O) groups is 2. The van der Waals surface area contributed by atoms with E-state index in [0.29, 0.717) is 17.4 Å². The fourth-order valence-electron chi connectivity index (χ4n) is 0.975. The maximum atomic E-state index is 10.9. The first kappa shape index (κ1) is 9.14. The van der Waals surface area contributed by atoms with E-state index < -0.39 is 0 Å². The molecule has 1 aromatic carbocycles. The topological polar surface area (TPSA) is 57.9 Å². The Labute approximate surface area is 75.6 Å². The van der Waals surface area contributed by atoms with Crippen molar-refractivity contribution in [1.82, 2.24) is 0 Å². The number of hydrogen-bond acceptors (Lipinski definition) is 3. The van der Waals surface area contributed by atoms with E-state index in [-0.39, 0.29) is 11.3 Å². The minimum absolute atomic E-state index is 0.117. The van der Waals surface area contributed by atoms with Crippen LogP contribution in [0.1, 0.15) is 33.2 Å². The molecule has 0 heterocycles. The van der Waals surface area contributed by atoms with E-state index in [9.17, 15) is 9.59 Å². The minimum atomic E-state index is -0.117. The van der Waals surface area contributed by atoms with Gasteiger partial charge in [-0.1, -0.05) is 6.07 Å². The highest BCUT2D eigenvalue weighted by molar-refractivity contribution is 5.95. The van der Waals surface area contributed by atoms with Crippen LogP contribution in [0.3, 0.4) is 0 Å². The molecule has 0 aliphatic carbocycles. The summed E-state index contributed by atoms with van der Waals surface area (Å²) in [7, 11) is 0. The van der Waals surface area contributed by atoms with Crippen LogP contribution in [0.25, 0.3) is 0 Å². The van der Waals surface area contributed by atoms with Gasteiger partial charge in [0.1, 0.15) is 0 Å². The van der Waals surface area contributed by atoms with Crippen LogP contribution in [0.15, 0.2) is 18.2 Å². The lowest BCUT2D eigenvalue weighted by Gasteiger charge is -1.97. The number of Topliss-reactive ketones (excluding diaryl/α,β-unsaturated/α-hetero) is 1. The van der Waals surface area contributed by atoms with Crippen LogP contribution in [-0.4, -0.2) is 12.1 Å². The number of benzene rings is 1. The predicted molar refractivity (Wildman–Crippen MR) is 46.5 cm³/mol. The monoisotopic (exact) mass is 173 g/mol. The second-order valence-corrected chi connectivity index (χ2v) is 2.59. The first-order valence-corrected chi connectivity index (χ1v) is 3.69. The van der Waals surface area contributed by atoms with Crippen molar-refractivity contribution in [3.05, 3.63) is 34.9 Å². The molecule has 0 aromatic heterocycles. The lowest BCUT2D eigenvalue weighted by molar-refractivity contribution is 0.101. The number of aldehydes is 1. The third-order valence-electron chi connectivity index (χ3n) is 1.71. The molecule has 64 valence electrons. The number of nitrogens with zero attached hydrogens (tertiary/aromatic N) is 1. The maximum Gasteiger partial charge on any atom is 0.159 e. The Morgan fingerprint density at radius 1 is 1.54 bits per heavy atom. The lowest BCUT2D eigenvalue weighted by Crippen LogP contribution is -1.95. The molecule has 0 saturated carbocycles. The zero-order valence-electron chi connectivity index (χ0n) is 7.07. The van der Waals surface area contributed by atoms with E-state index in [1.54, 1.807) is 0 Å². The van der Waals surface area contributed by atoms with Crippen molar-refractivity contribution in [3.63, 3.8) is 0 Å². The molecule has 0 saturated heterocycles. The summed E-state index contributed by atoms with van der Waals surface area (Å²) >= 11 is 0. The van der Waals surface area contributed by atoms with Gasteiger partial charge >= 0.3 is 0 Å². The standard InChI is InChI=1S/C10H7NO2/c1-7(13)8-2-3-9(6-12)10(4-8)5-11/h2-4,6H,1H3. The molecule has 0 unspecified atom stereocenters. The highest BCUT2D eigenvalue weighted by atomic mass is 16.1. The largest absolute Gasteiger partial charge is 0.298 e. The van der Waals surface area contributed by atoms with Crippen LogP contribution in [0, 0.1) is 11.3 Å². The van der Waals surface area contributed by atoms with Gasteiger partial charge < -0.3 is 0 Å². The van der Waals surface area contributed by atoms with Crippen molar-refractivity contribution in [2.45, 2.75) is 6.92 Å². The Kier molecular flexibility index (Phi) is 2.56. The predicted octanol–water partition coefficient (Wildman–Crippen LogP) is 1.57. The van der Waals surface area contributed by atoms with Crippen LogP contribution >= 0.6 is 0 Å². The second kappa shape index (κ2) is 3.63. The molecular weight excluding hydrogens is 166 g/mol. The number of hydrogen-bond donors (Lipinski definition) is 0. The fourth-order valence-corrected chi connectivity index (χ4v) is 0.975. The van der Waals surface area contributed by atoms with Gasteiger partial charge in [0.2, 0.25) is 0 Å². The highest BCUT2D eigenvalue weighted by Crippen LogP contribution is 2.09. The molecule has 3 nitrogen and oxygen atoms in total. The average Bonchev–Trinajstić information content (AvgIpc) is 2.16. The molecule has 0 fully saturated rings. The van der Waals surface area contributed by atoms with Crippen LogP contribution in [0.5, 0.6) is 0 Å². The summed E-state index contributed by atoms with van der Waals surface area (Å²) in [5.74, 6) is -0.117. The van der Waals surface area contributed by atoms with E-state index in [1.165, 1.54) is 25.1 Å². The second-order valence-electron chi connectivity index (χ2n) is 2.59. The van der Waals surface area contributed by atoms with E-state index >= 15 is 0 Å².